The minimum absolute atomic E-state index is 0.147. The first-order valence-electron chi connectivity index (χ1n) is 6.53. The van der Waals surface area contributed by atoms with Gasteiger partial charge in [0.15, 0.2) is 10.3 Å². The van der Waals surface area contributed by atoms with Crippen LogP contribution in [-0.2, 0) is 7.05 Å². The molecule has 0 atom stereocenters. The van der Waals surface area contributed by atoms with E-state index in [1.807, 2.05) is 0 Å². The van der Waals surface area contributed by atoms with Crippen LogP contribution in [-0.4, -0.2) is 19.1 Å². The highest BCUT2D eigenvalue weighted by molar-refractivity contribution is 7.71. The largest absolute Gasteiger partial charge is 0.330 e. The minimum atomic E-state index is -0.387. The average Bonchev–Trinajstić information content (AvgIpc) is 2.67. The molecular weight excluding hydrogens is 264 g/mol. The van der Waals surface area contributed by atoms with E-state index in [0.29, 0.717) is 15.9 Å². The summed E-state index contributed by atoms with van der Waals surface area (Å²) in [7, 11) is 1.73. The fourth-order valence-corrected chi connectivity index (χ4v) is 3.13. The number of aryl methyl sites for hydroxylation is 1. The van der Waals surface area contributed by atoms with Crippen LogP contribution in [0.25, 0.3) is 11.2 Å². The summed E-state index contributed by atoms with van der Waals surface area (Å²) in [6, 6.07) is 0.147. The predicted molar refractivity (Wildman–Crippen MR) is 75.1 cm³/mol. The van der Waals surface area contributed by atoms with E-state index in [4.69, 9.17) is 12.2 Å². The molecule has 2 aromatic rings. The SMILES string of the molecule is Cn1c(=S)[nH]c2c1c(=O)[nH]c(=O)n2C1CCCCC1. The van der Waals surface area contributed by atoms with Crippen molar-refractivity contribution in [1.29, 1.82) is 0 Å². The third kappa shape index (κ3) is 1.88. The van der Waals surface area contributed by atoms with Crippen LogP contribution < -0.4 is 11.2 Å². The van der Waals surface area contributed by atoms with Gasteiger partial charge in [0.25, 0.3) is 5.56 Å². The maximum atomic E-state index is 12.1. The zero-order chi connectivity index (χ0) is 13.6. The van der Waals surface area contributed by atoms with Crippen molar-refractivity contribution in [1.82, 2.24) is 19.1 Å². The highest BCUT2D eigenvalue weighted by atomic mass is 32.1. The van der Waals surface area contributed by atoms with Gasteiger partial charge < -0.3 is 9.55 Å². The normalized spacial score (nSPS) is 17.1. The number of nitrogens with one attached hydrogen (secondary N) is 2. The smallest absolute Gasteiger partial charge is 0.316 e. The van der Waals surface area contributed by atoms with Crippen LogP contribution in [0.2, 0.25) is 0 Å². The maximum absolute atomic E-state index is 12.1. The van der Waals surface area contributed by atoms with Crippen molar-refractivity contribution < 1.29 is 0 Å². The number of aromatic amines is 2. The van der Waals surface area contributed by atoms with Gasteiger partial charge in [-0.2, -0.15) is 0 Å². The quantitative estimate of drug-likeness (QED) is 0.779. The average molecular weight is 280 g/mol. The van der Waals surface area contributed by atoms with Crippen LogP contribution >= 0.6 is 12.2 Å². The molecule has 2 aromatic heterocycles. The molecule has 0 amide bonds. The topological polar surface area (TPSA) is 75.6 Å². The van der Waals surface area contributed by atoms with Crippen molar-refractivity contribution in [2.45, 2.75) is 38.1 Å². The number of hydrogen-bond acceptors (Lipinski definition) is 3. The lowest BCUT2D eigenvalue weighted by molar-refractivity contribution is 0.349. The van der Waals surface area contributed by atoms with Crippen molar-refractivity contribution in [2.75, 3.05) is 0 Å². The molecule has 0 unspecified atom stereocenters. The fourth-order valence-electron chi connectivity index (χ4n) is 2.94. The van der Waals surface area contributed by atoms with Crippen molar-refractivity contribution in [3.05, 3.63) is 25.6 Å². The van der Waals surface area contributed by atoms with E-state index >= 15 is 0 Å². The molecule has 0 saturated heterocycles. The Bertz CT molecular complexity index is 789. The second-order valence-corrected chi connectivity index (χ2v) is 5.49. The monoisotopic (exact) mass is 280 g/mol. The first-order valence-corrected chi connectivity index (χ1v) is 6.94. The number of rotatable bonds is 1. The van der Waals surface area contributed by atoms with Gasteiger partial charge in [-0.1, -0.05) is 19.3 Å². The number of nitrogens with zero attached hydrogens (tertiary/aromatic N) is 2. The van der Waals surface area contributed by atoms with Gasteiger partial charge in [0.05, 0.1) is 0 Å². The molecular formula is C12H16N4O2S. The Labute approximate surface area is 114 Å². The fraction of sp³-hybridized carbons (Fsp3) is 0.583. The van der Waals surface area contributed by atoms with Crippen LogP contribution in [0.1, 0.15) is 38.1 Å². The number of H-pyrrole nitrogens is 2. The molecule has 1 saturated carbocycles. The van der Waals surface area contributed by atoms with Crippen LogP contribution in [0, 0.1) is 4.77 Å². The van der Waals surface area contributed by atoms with Crippen LogP contribution in [0.5, 0.6) is 0 Å². The minimum Gasteiger partial charge on any atom is -0.316 e. The number of fused-ring (bicyclic) bond motifs is 1. The highest BCUT2D eigenvalue weighted by Gasteiger charge is 2.21. The summed E-state index contributed by atoms with van der Waals surface area (Å²) in [5.74, 6) is 0. The van der Waals surface area contributed by atoms with Gasteiger partial charge >= 0.3 is 5.69 Å². The van der Waals surface area contributed by atoms with E-state index in [1.54, 1.807) is 16.2 Å². The van der Waals surface area contributed by atoms with Crippen molar-refractivity contribution >= 4 is 23.4 Å². The molecule has 6 nitrogen and oxygen atoms in total. The molecule has 19 heavy (non-hydrogen) atoms. The first kappa shape index (κ1) is 12.4. The molecule has 1 aliphatic rings. The molecule has 0 aromatic carbocycles. The summed E-state index contributed by atoms with van der Waals surface area (Å²) >= 11 is 5.16. The summed E-state index contributed by atoms with van der Waals surface area (Å²) in [6.07, 6.45) is 5.38. The Morgan fingerprint density at radius 1 is 1.16 bits per heavy atom. The lowest BCUT2D eigenvalue weighted by atomic mass is 9.95. The lowest BCUT2D eigenvalue weighted by Gasteiger charge is -2.23. The van der Waals surface area contributed by atoms with Gasteiger partial charge in [0.1, 0.15) is 5.65 Å². The van der Waals surface area contributed by atoms with E-state index in [-0.39, 0.29) is 17.3 Å². The number of imidazole rings is 1. The second kappa shape index (κ2) is 4.48. The third-order valence-corrected chi connectivity index (χ3v) is 4.30. The molecule has 0 bridgehead atoms. The molecule has 1 fully saturated rings. The Morgan fingerprint density at radius 2 is 1.84 bits per heavy atom. The summed E-state index contributed by atoms with van der Waals surface area (Å²) in [5, 5.41) is 0. The van der Waals surface area contributed by atoms with E-state index < -0.39 is 0 Å². The summed E-state index contributed by atoms with van der Waals surface area (Å²) in [5.41, 5.74) is 0.256. The Balaban J connectivity index is 2.35. The molecule has 2 N–H and O–H groups in total. The standard InChI is InChI=1S/C12H16N4O2S/c1-15-8-9(13-12(15)19)16(11(18)14-10(8)17)7-5-3-2-4-6-7/h7H,2-6H2,1H3,(H,13,19)(H,14,17,18). The van der Waals surface area contributed by atoms with E-state index in [1.165, 1.54) is 6.42 Å². The first-order chi connectivity index (χ1) is 9.09. The zero-order valence-corrected chi connectivity index (χ0v) is 11.5. The van der Waals surface area contributed by atoms with Gasteiger partial charge in [-0.25, -0.2) is 4.79 Å². The Morgan fingerprint density at radius 3 is 2.53 bits per heavy atom. The van der Waals surface area contributed by atoms with E-state index in [2.05, 4.69) is 9.97 Å². The molecule has 2 heterocycles. The van der Waals surface area contributed by atoms with E-state index in [0.717, 1.165) is 25.7 Å². The summed E-state index contributed by atoms with van der Waals surface area (Å²) < 4.78 is 3.74. The molecule has 7 heteroatoms. The van der Waals surface area contributed by atoms with Crippen LogP contribution in [0.15, 0.2) is 9.59 Å². The number of aromatic nitrogens is 4. The lowest BCUT2D eigenvalue weighted by Crippen LogP contribution is -2.34. The van der Waals surface area contributed by atoms with Crippen LogP contribution in [0.4, 0.5) is 0 Å². The van der Waals surface area contributed by atoms with Gasteiger partial charge in [-0.15, -0.1) is 0 Å². The van der Waals surface area contributed by atoms with Gasteiger partial charge in [0.2, 0.25) is 0 Å². The van der Waals surface area contributed by atoms with Crippen LogP contribution in [0.3, 0.4) is 0 Å². The molecule has 0 radical (unpaired) electrons. The molecule has 1 aliphatic carbocycles. The van der Waals surface area contributed by atoms with Gasteiger partial charge in [-0.3, -0.25) is 14.3 Å². The molecule has 102 valence electrons. The maximum Gasteiger partial charge on any atom is 0.330 e. The molecule has 0 spiro atoms. The Kier molecular flexibility index (Phi) is 2.93. The van der Waals surface area contributed by atoms with Crippen molar-refractivity contribution in [2.24, 2.45) is 7.05 Å². The van der Waals surface area contributed by atoms with Gasteiger partial charge in [-0.05, 0) is 25.1 Å². The van der Waals surface area contributed by atoms with Crippen molar-refractivity contribution in [3.63, 3.8) is 0 Å². The zero-order valence-electron chi connectivity index (χ0n) is 10.7. The van der Waals surface area contributed by atoms with Gasteiger partial charge in [0, 0.05) is 13.1 Å². The summed E-state index contributed by atoms with van der Waals surface area (Å²) in [6.45, 7) is 0. The Hall–Kier alpha value is -1.63. The van der Waals surface area contributed by atoms with E-state index in [9.17, 15) is 9.59 Å². The highest BCUT2D eigenvalue weighted by Crippen LogP contribution is 2.28. The number of hydrogen-bond donors (Lipinski definition) is 2. The molecule has 3 rings (SSSR count). The second-order valence-electron chi connectivity index (χ2n) is 5.11. The predicted octanol–water partition coefficient (Wildman–Crippen LogP) is 1.59. The third-order valence-electron chi connectivity index (χ3n) is 3.92. The van der Waals surface area contributed by atoms with Crippen molar-refractivity contribution in [3.8, 4) is 0 Å². The summed E-state index contributed by atoms with van der Waals surface area (Å²) in [4.78, 5) is 29.4. The molecule has 0 aliphatic heterocycles.